The average molecular weight is 236 g/mol. The van der Waals surface area contributed by atoms with Gasteiger partial charge in [-0.1, -0.05) is 6.07 Å². The lowest BCUT2D eigenvalue weighted by molar-refractivity contribution is 0.112. The molecule has 1 heterocycles. The van der Waals surface area contributed by atoms with Crippen LogP contribution < -0.4 is 0 Å². The first-order chi connectivity index (χ1) is 6.31. The second kappa shape index (κ2) is 3.26. The maximum Gasteiger partial charge on any atom is 0.150 e. The standard InChI is InChI=1S/C10H6BrNO/c11-9-5-7(6-13)4-8-2-1-3-12-10(8)9/h1-6H. The lowest BCUT2D eigenvalue weighted by atomic mass is 10.1. The second-order valence-corrected chi connectivity index (χ2v) is 3.55. The molecule has 0 fully saturated rings. The lowest BCUT2D eigenvalue weighted by Gasteiger charge is -1.99. The topological polar surface area (TPSA) is 30.0 Å². The Morgan fingerprint density at radius 1 is 1.38 bits per heavy atom. The first-order valence-electron chi connectivity index (χ1n) is 3.81. The molecule has 0 spiro atoms. The van der Waals surface area contributed by atoms with Gasteiger partial charge < -0.3 is 0 Å². The largest absolute Gasteiger partial charge is 0.298 e. The van der Waals surface area contributed by atoms with Gasteiger partial charge in [0, 0.05) is 21.6 Å². The number of carbonyl (C=O) groups is 1. The zero-order valence-electron chi connectivity index (χ0n) is 6.70. The summed E-state index contributed by atoms with van der Waals surface area (Å²) in [5.74, 6) is 0. The van der Waals surface area contributed by atoms with E-state index < -0.39 is 0 Å². The molecule has 2 aromatic rings. The maximum atomic E-state index is 10.6. The molecule has 0 saturated heterocycles. The molecular formula is C10H6BrNO. The van der Waals surface area contributed by atoms with Crippen LogP contribution in [0.15, 0.2) is 34.9 Å². The van der Waals surface area contributed by atoms with Gasteiger partial charge in [0.25, 0.3) is 0 Å². The molecule has 2 rings (SSSR count). The zero-order valence-corrected chi connectivity index (χ0v) is 8.28. The van der Waals surface area contributed by atoms with Crippen LogP contribution >= 0.6 is 15.9 Å². The van der Waals surface area contributed by atoms with E-state index in [4.69, 9.17) is 0 Å². The van der Waals surface area contributed by atoms with E-state index in [1.807, 2.05) is 18.2 Å². The predicted molar refractivity (Wildman–Crippen MR) is 54.8 cm³/mol. The molecule has 0 saturated carbocycles. The minimum atomic E-state index is 0.660. The number of aldehydes is 1. The van der Waals surface area contributed by atoms with Crippen LogP contribution in [0.5, 0.6) is 0 Å². The van der Waals surface area contributed by atoms with Crippen molar-refractivity contribution in [3.63, 3.8) is 0 Å². The highest BCUT2D eigenvalue weighted by Crippen LogP contribution is 2.22. The lowest BCUT2D eigenvalue weighted by Crippen LogP contribution is -1.84. The minimum absolute atomic E-state index is 0.660. The van der Waals surface area contributed by atoms with E-state index in [0.29, 0.717) is 5.56 Å². The van der Waals surface area contributed by atoms with Gasteiger partial charge in [0.1, 0.15) is 6.29 Å². The van der Waals surface area contributed by atoms with E-state index in [2.05, 4.69) is 20.9 Å². The number of hydrogen-bond donors (Lipinski definition) is 0. The van der Waals surface area contributed by atoms with Crippen molar-refractivity contribution in [1.29, 1.82) is 0 Å². The fourth-order valence-corrected chi connectivity index (χ4v) is 1.83. The Kier molecular flexibility index (Phi) is 2.10. The number of rotatable bonds is 1. The summed E-state index contributed by atoms with van der Waals surface area (Å²) in [6.07, 6.45) is 2.56. The SMILES string of the molecule is O=Cc1cc(Br)c2ncccc2c1. The van der Waals surface area contributed by atoms with Crippen LogP contribution in [0.1, 0.15) is 10.4 Å². The summed E-state index contributed by atoms with van der Waals surface area (Å²) >= 11 is 3.37. The van der Waals surface area contributed by atoms with Gasteiger partial charge in [-0.05, 0) is 34.1 Å². The number of hydrogen-bond acceptors (Lipinski definition) is 2. The van der Waals surface area contributed by atoms with Gasteiger partial charge in [-0.15, -0.1) is 0 Å². The number of pyridine rings is 1. The Balaban J connectivity index is 2.84. The molecule has 13 heavy (non-hydrogen) atoms. The summed E-state index contributed by atoms with van der Waals surface area (Å²) in [5.41, 5.74) is 1.54. The Bertz CT molecular complexity index is 467. The molecule has 2 nitrogen and oxygen atoms in total. The van der Waals surface area contributed by atoms with E-state index >= 15 is 0 Å². The van der Waals surface area contributed by atoms with Crippen molar-refractivity contribution in [3.05, 3.63) is 40.5 Å². The molecule has 0 aliphatic rings. The molecule has 0 atom stereocenters. The second-order valence-electron chi connectivity index (χ2n) is 2.70. The van der Waals surface area contributed by atoms with Gasteiger partial charge in [0.05, 0.1) is 5.52 Å². The van der Waals surface area contributed by atoms with Crippen LogP contribution in [-0.4, -0.2) is 11.3 Å². The molecule has 3 heteroatoms. The third-order valence-electron chi connectivity index (χ3n) is 1.82. The van der Waals surface area contributed by atoms with Gasteiger partial charge in [-0.2, -0.15) is 0 Å². The van der Waals surface area contributed by atoms with Crippen LogP contribution in [0, 0.1) is 0 Å². The van der Waals surface area contributed by atoms with Crippen LogP contribution in [0.4, 0.5) is 0 Å². The number of aromatic nitrogens is 1. The van der Waals surface area contributed by atoms with Crippen molar-refractivity contribution in [2.45, 2.75) is 0 Å². The molecule has 1 aromatic carbocycles. The van der Waals surface area contributed by atoms with Crippen molar-refractivity contribution in [2.24, 2.45) is 0 Å². The summed E-state index contributed by atoms with van der Waals surface area (Å²) in [6.45, 7) is 0. The van der Waals surface area contributed by atoms with Crippen molar-refractivity contribution in [3.8, 4) is 0 Å². The first-order valence-corrected chi connectivity index (χ1v) is 4.60. The maximum absolute atomic E-state index is 10.6. The summed E-state index contributed by atoms with van der Waals surface area (Å²) in [5, 5.41) is 0.971. The van der Waals surface area contributed by atoms with E-state index in [-0.39, 0.29) is 0 Å². The Hall–Kier alpha value is -1.22. The van der Waals surface area contributed by atoms with E-state index in [1.54, 1.807) is 12.3 Å². The van der Waals surface area contributed by atoms with Crippen molar-refractivity contribution < 1.29 is 4.79 Å². The van der Waals surface area contributed by atoms with Crippen molar-refractivity contribution in [1.82, 2.24) is 4.98 Å². The zero-order chi connectivity index (χ0) is 9.26. The third-order valence-corrected chi connectivity index (χ3v) is 2.42. The minimum Gasteiger partial charge on any atom is -0.298 e. The molecule has 0 bridgehead atoms. The Morgan fingerprint density at radius 2 is 2.23 bits per heavy atom. The van der Waals surface area contributed by atoms with Gasteiger partial charge in [-0.3, -0.25) is 9.78 Å². The molecule has 1 aromatic heterocycles. The van der Waals surface area contributed by atoms with Gasteiger partial charge in [0.15, 0.2) is 0 Å². The smallest absolute Gasteiger partial charge is 0.150 e. The quantitative estimate of drug-likeness (QED) is 0.712. The van der Waals surface area contributed by atoms with Crippen LogP contribution in [0.25, 0.3) is 10.9 Å². The summed E-state index contributed by atoms with van der Waals surface area (Å²) in [6, 6.07) is 7.37. The molecule has 0 N–H and O–H groups in total. The predicted octanol–water partition coefficient (Wildman–Crippen LogP) is 2.81. The van der Waals surface area contributed by atoms with E-state index in [0.717, 1.165) is 21.7 Å². The van der Waals surface area contributed by atoms with Gasteiger partial charge in [-0.25, -0.2) is 0 Å². The fraction of sp³-hybridized carbons (Fsp3) is 0. The van der Waals surface area contributed by atoms with Crippen molar-refractivity contribution in [2.75, 3.05) is 0 Å². The third kappa shape index (κ3) is 1.47. The Morgan fingerprint density at radius 3 is 3.00 bits per heavy atom. The molecule has 0 amide bonds. The number of halogens is 1. The molecule has 0 radical (unpaired) electrons. The highest BCUT2D eigenvalue weighted by Gasteiger charge is 2.01. The number of carbonyl (C=O) groups excluding carboxylic acids is 1. The number of fused-ring (bicyclic) bond motifs is 1. The van der Waals surface area contributed by atoms with Gasteiger partial charge in [0.2, 0.25) is 0 Å². The van der Waals surface area contributed by atoms with Crippen LogP contribution in [-0.2, 0) is 0 Å². The normalized spacial score (nSPS) is 10.2. The highest BCUT2D eigenvalue weighted by molar-refractivity contribution is 9.10. The molecule has 0 unspecified atom stereocenters. The monoisotopic (exact) mass is 235 g/mol. The van der Waals surface area contributed by atoms with E-state index in [9.17, 15) is 4.79 Å². The summed E-state index contributed by atoms with van der Waals surface area (Å²) in [4.78, 5) is 14.8. The summed E-state index contributed by atoms with van der Waals surface area (Å²) < 4.78 is 0.854. The van der Waals surface area contributed by atoms with Crippen molar-refractivity contribution >= 4 is 33.1 Å². The Labute approximate surface area is 83.7 Å². The number of benzene rings is 1. The van der Waals surface area contributed by atoms with Gasteiger partial charge >= 0.3 is 0 Å². The molecular weight excluding hydrogens is 230 g/mol. The molecule has 0 aliphatic heterocycles. The fourth-order valence-electron chi connectivity index (χ4n) is 1.24. The van der Waals surface area contributed by atoms with Crippen LogP contribution in [0.2, 0.25) is 0 Å². The van der Waals surface area contributed by atoms with Crippen LogP contribution in [0.3, 0.4) is 0 Å². The summed E-state index contributed by atoms with van der Waals surface area (Å²) in [7, 11) is 0. The molecule has 64 valence electrons. The average Bonchev–Trinajstić information content (AvgIpc) is 2.18. The highest BCUT2D eigenvalue weighted by atomic mass is 79.9. The first kappa shape index (κ1) is 8.38. The van der Waals surface area contributed by atoms with E-state index in [1.165, 1.54) is 0 Å². The molecule has 0 aliphatic carbocycles. The number of nitrogens with zero attached hydrogens (tertiary/aromatic N) is 1.